The lowest BCUT2D eigenvalue weighted by atomic mass is 10.2. The maximum Gasteiger partial charge on any atom is 0.254 e. The van der Waals surface area contributed by atoms with Gasteiger partial charge in [0, 0.05) is 18.5 Å². The Hall–Kier alpha value is -3.35. The molecule has 2 heterocycles. The highest BCUT2D eigenvalue weighted by atomic mass is 32.2. The molecule has 0 saturated carbocycles. The van der Waals surface area contributed by atoms with E-state index in [4.69, 9.17) is 14.1 Å². The van der Waals surface area contributed by atoms with Gasteiger partial charge in [-0.1, -0.05) is 0 Å². The second kappa shape index (κ2) is 9.23. The van der Waals surface area contributed by atoms with E-state index in [1.54, 1.807) is 29.2 Å². The highest BCUT2D eigenvalue weighted by molar-refractivity contribution is 7.89. The molecule has 29 heavy (non-hydrogen) atoms. The molecule has 150 valence electrons. The fourth-order valence-corrected chi connectivity index (χ4v) is 3.70. The van der Waals surface area contributed by atoms with Gasteiger partial charge in [0.15, 0.2) is 0 Å². The highest BCUT2D eigenvalue weighted by Crippen LogP contribution is 2.17. The van der Waals surface area contributed by atoms with E-state index < -0.39 is 10.0 Å². The normalized spacial score (nSPS) is 11.1. The summed E-state index contributed by atoms with van der Waals surface area (Å²) in [6.45, 7) is 0.504. The Labute approximate surface area is 168 Å². The van der Waals surface area contributed by atoms with Gasteiger partial charge in [-0.15, -0.1) is 0 Å². The van der Waals surface area contributed by atoms with E-state index in [0.29, 0.717) is 17.1 Å². The molecule has 2 aromatic heterocycles. The first-order valence-electron chi connectivity index (χ1n) is 8.80. The molecule has 0 saturated heterocycles. The molecule has 3 rings (SSSR count). The number of nitriles is 1. The molecule has 1 aromatic carbocycles. The van der Waals surface area contributed by atoms with Gasteiger partial charge in [0.1, 0.15) is 11.5 Å². The number of rotatable bonds is 9. The second-order valence-corrected chi connectivity index (χ2v) is 7.92. The first kappa shape index (κ1) is 20.4. The number of nitrogens with one attached hydrogen (secondary N) is 1. The van der Waals surface area contributed by atoms with Gasteiger partial charge in [0.2, 0.25) is 10.0 Å². The summed E-state index contributed by atoms with van der Waals surface area (Å²) in [5, 5.41) is 8.53. The lowest BCUT2D eigenvalue weighted by molar-refractivity contribution is 0.0704. The van der Waals surface area contributed by atoms with Gasteiger partial charge in [-0.3, -0.25) is 4.79 Å². The summed E-state index contributed by atoms with van der Waals surface area (Å²) in [7, 11) is -3.73. The molecule has 0 fully saturated rings. The third-order valence-corrected chi connectivity index (χ3v) is 5.56. The Kier molecular flexibility index (Phi) is 6.49. The molecule has 0 unspecified atom stereocenters. The van der Waals surface area contributed by atoms with Crippen molar-refractivity contribution in [2.24, 2.45) is 0 Å². The molecule has 0 aliphatic rings. The summed E-state index contributed by atoms with van der Waals surface area (Å²) in [5.41, 5.74) is 0.332. The average molecular weight is 413 g/mol. The van der Waals surface area contributed by atoms with Crippen molar-refractivity contribution in [2.75, 3.05) is 6.54 Å². The van der Waals surface area contributed by atoms with E-state index in [1.807, 2.05) is 6.07 Å². The number of sulfonamides is 1. The molecule has 0 spiro atoms. The maximum absolute atomic E-state index is 13.0. The number of furan rings is 2. The standard InChI is InChI=1S/C20H19N3O5S/c21-10-3-11-22-29(25,26)19-8-6-16(7-9-19)20(24)23(14-17-4-1-12-27-17)15-18-5-2-13-28-18/h1-2,4-9,12-13,22H,3,11,14-15H2. The highest BCUT2D eigenvalue weighted by Gasteiger charge is 2.20. The van der Waals surface area contributed by atoms with Crippen molar-refractivity contribution in [2.45, 2.75) is 24.4 Å². The topological polar surface area (TPSA) is 117 Å². The fourth-order valence-electron chi connectivity index (χ4n) is 2.66. The van der Waals surface area contributed by atoms with Crippen LogP contribution in [0.2, 0.25) is 0 Å². The Morgan fingerprint density at radius 1 is 1.00 bits per heavy atom. The first-order chi connectivity index (χ1) is 14.0. The lowest BCUT2D eigenvalue weighted by Crippen LogP contribution is -2.30. The largest absolute Gasteiger partial charge is 0.467 e. The lowest BCUT2D eigenvalue weighted by Gasteiger charge is -2.21. The van der Waals surface area contributed by atoms with Crippen LogP contribution in [0.15, 0.2) is 74.8 Å². The van der Waals surface area contributed by atoms with Gasteiger partial charge in [0.25, 0.3) is 5.91 Å². The summed E-state index contributed by atoms with van der Waals surface area (Å²) >= 11 is 0. The number of carbonyl (C=O) groups is 1. The number of hydrogen-bond acceptors (Lipinski definition) is 6. The van der Waals surface area contributed by atoms with E-state index in [1.165, 1.54) is 36.8 Å². The van der Waals surface area contributed by atoms with Crippen LogP contribution < -0.4 is 4.72 Å². The van der Waals surface area contributed by atoms with Crippen molar-refractivity contribution >= 4 is 15.9 Å². The summed E-state index contributed by atoms with van der Waals surface area (Å²) in [4.78, 5) is 14.6. The molecule has 0 aliphatic heterocycles. The van der Waals surface area contributed by atoms with Gasteiger partial charge in [0.05, 0.1) is 36.6 Å². The van der Waals surface area contributed by atoms with Crippen molar-refractivity contribution in [3.8, 4) is 6.07 Å². The number of carbonyl (C=O) groups excluding carboxylic acids is 1. The summed E-state index contributed by atoms with van der Waals surface area (Å²) in [5.74, 6) is 0.941. The minimum absolute atomic E-state index is 0.0237. The van der Waals surface area contributed by atoms with Crippen LogP contribution in [0.25, 0.3) is 0 Å². The molecule has 9 heteroatoms. The number of amides is 1. The van der Waals surface area contributed by atoms with E-state index >= 15 is 0 Å². The molecular weight excluding hydrogens is 394 g/mol. The fraction of sp³-hybridized carbons (Fsp3) is 0.200. The summed E-state index contributed by atoms with van der Waals surface area (Å²) < 4.78 is 37.4. The summed E-state index contributed by atoms with van der Waals surface area (Å²) in [6.07, 6.45) is 3.14. The van der Waals surface area contributed by atoms with Gasteiger partial charge in [-0.05, 0) is 48.5 Å². The van der Waals surface area contributed by atoms with Crippen LogP contribution in [-0.4, -0.2) is 25.8 Å². The van der Waals surface area contributed by atoms with Crippen molar-refractivity contribution in [3.63, 3.8) is 0 Å². The minimum atomic E-state index is -3.73. The molecule has 1 N–H and O–H groups in total. The predicted molar refractivity (Wildman–Crippen MR) is 103 cm³/mol. The smallest absolute Gasteiger partial charge is 0.254 e. The maximum atomic E-state index is 13.0. The predicted octanol–water partition coefficient (Wildman–Crippen LogP) is 2.91. The quantitative estimate of drug-likeness (QED) is 0.539. The molecule has 0 radical (unpaired) electrons. The van der Waals surface area contributed by atoms with Crippen LogP contribution in [0.1, 0.15) is 28.3 Å². The van der Waals surface area contributed by atoms with Crippen molar-refractivity contribution in [3.05, 3.63) is 78.1 Å². The number of hydrogen-bond donors (Lipinski definition) is 1. The molecule has 1 amide bonds. The van der Waals surface area contributed by atoms with Crippen LogP contribution in [0, 0.1) is 11.3 Å². The number of benzene rings is 1. The Morgan fingerprint density at radius 3 is 2.07 bits per heavy atom. The Bertz CT molecular complexity index is 1030. The molecule has 3 aromatic rings. The Balaban J connectivity index is 1.77. The SMILES string of the molecule is N#CCCNS(=O)(=O)c1ccc(C(=O)N(Cc2ccco2)Cc2ccco2)cc1. The second-order valence-electron chi connectivity index (χ2n) is 6.15. The van der Waals surface area contributed by atoms with Gasteiger partial charge >= 0.3 is 0 Å². The monoisotopic (exact) mass is 413 g/mol. The molecule has 8 nitrogen and oxygen atoms in total. The van der Waals surface area contributed by atoms with E-state index in [-0.39, 0.29) is 36.9 Å². The molecule has 0 atom stereocenters. The van der Waals surface area contributed by atoms with E-state index in [0.717, 1.165) is 0 Å². The molecule has 0 aliphatic carbocycles. The Morgan fingerprint density at radius 2 is 1.59 bits per heavy atom. The van der Waals surface area contributed by atoms with Crippen LogP contribution >= 0.6 is 0 Å². The van der Waals surface area contributed by atoms with E-state index in [9.17, 15) is 13.2 Å². The average Bonchev–Trinajstić information content (AvgIpc) is 3.41. The van der Waals surface area contributed by atoms with Gasteiger partial charge in [-0.25, -0.2) is 13.1 Å². The van der Waals surface area contributed by atoms with Gasteiger partial charge in [-0.2, -0.15) is 5.26 Å². The zero-order chi connectivity index (χ0) is 20.7. The van der Waals surface area contributed by atoms with E-state index in [2.05, 4.69) is 4.72 Å². The third kappa shape index (κ3) is 5.34. The summed E-state index contributed by atoms with van der Waals surface area (Å²) in [6, 6.07) is 14.5. The molecule has 0 bridgehead atoms. The molecular formula is C20H19N3O5S. The first-order valence-corrected chi connectivity index (χ1v) is 10.3. The van der Waals surface area contributed by atoms with Crippen molar-refractivity contribution in [1.82, 2.24) is 9.62 Å². The van der Waals surface area contributed by atoms with Crippen LogP contribution in [0.3, 0.4) is 0 Å². The minimum Gasteiger partial charge on any atom is -0.467 e. The van der Waals surface area contributed by atoms with Crippen LogP contribution in [0.5, 0.6) is 0 Å². The van der Waals surface area contributed by atoms with Crippen LogP contribution in [-0.2, 0) is 23.1 Å². The van der Waals surface area contributed by atoms with Gasteiger partial charge < -0.3 is 13.7 Å². The zero-order valence-corrected chi connectivity index (χ0v) is 16.3. The number of nitrogens with zero attached hydrogens (tertiary/aromatic N) is 2. The van der Waals surface area contributed by atoms with Crippen LogP contribution in [0.4, 0.5) is 0 Å². The zero-order valence-electron chi connectivity index (χ0n) is 15.4. The van der Waals surface area contributed by atoms with Crippen molar-refractivity contribution < 1.29 is 22.0 Å². The van der Waals surface area contributed by atoms with Crippen molar-refractivity contribution in [1.29, 1.82) is 5.26 Å². The third-order valence-electron chi connectivity index (χ3n) is 4.08.